The van der Waals surface area contributed by atoms with Crippen LogP contribution in [0.1, 0.15) is 122 Å². The molecule has 1 heterocycles. The summed E-state index contributed by atoms with van der Waals surface area (Å²) in [6.07, 6.45) is 14.8. The molecule has 0 aromatic heterocycles. The van der Waals surface area contributed by atoms with Crippen molar-refractivity contribution in [2.45, 2.75) is 129 Å². The maximum absolute atomic E-state index is 13.8. The normalized spacial score (nSPS) is 30.8. The average molecular weight is 588 g/mol. The molecule has 42 heavy (non-hydrogen) atoms. The Morgan fingerprint density at radius 3 is 2.26 bits per heavy atom. The second kappa shape index (κ2) is 15.3. The predicted molar refractivity (Wildman–Crippen MR) is 159 cm³/mol. The van der Waals surface area contributed by atoms with Crippen LogP contribution in [0.4, 0.5) is 0 Å². The lowest BCUT2D eigenvalue weighted by atomic mass is 9.54. The van der Waals surface area contributed by atoms with Crippen molar-refractivity contribution >= 4 is 29.6 Å². The molecule has 6 atom stereocenters. The fourth-order valence-electron chi connectivity index (χ4n) is 8.48. The van der Waals surface area contributed by atoms with Gasteiger partial charge in [0.05, 0.1) is 23.7 Å². The Bertz CT molecular complexity index is 961. The van der Waals surface area contributed by atoms with Gasteiger partial charge in [0.25, 0.3) is 0 Å². The van der Waals surface area contributed by atoms with Gasteiger partial charge in [-0.3, -0.25) is 28.9 Å². The van der Waals surface area contributed by atoms with Crippen LogP contribution in [0, 0.1) is 29.1 Å². The molecule has 4 fully saturated rings. The zero-order chi connectivity index (χ0) is 30.1. The standard InChI is InChI=1S/C33H53N3O6/c1-3-12-25-26-15-8-9-19-33(26,20-18-27(25)42-29(38)17-16-28(37)34-2)32(41)35-21-10-4-5-11-22-36-30(39)23-13-6-7-14-24(23)31(36)40/h23-27H,3-22H2,1-2H3,(H,34,37)(H,35,41)/t23?,24?,25-,26-,27?,33+/m1/s1. The molecule has 0 aromatic carbocycles. The molecule has 0 spiro atoms. The minimum absolute atomic E-state index is 0.0491. The van der Waals surface area contributed by atoms with Crippen LogP contribution in [-0.4, -0.2) is 60.7 Å². The summed E-state index contributed by atoms with van der Waals surface area (Å²) in [4.78, 5) is 64.8. The first-order valence-electron chi connectivity index (χ1n) is 16.9. The smallest absolute Gasteiger partial charge is 0.306 e. The minimum atomic E-state index is -0.393. The summed E-state index contributed by atoms with van der Waals surface area (Å²) in [5.41, 5.74) is -0.393. The van der Waals surface area contributed by atoms with Crippen LogP contribution in [0.3, 0.4) is 0 Å². The van der Waals surface area contributed by atoms with Gasteiger partial charge in [-0.1, -0.05) is 51.9 Å². The minimum Gasteiger partial charge on any atom is -0.462 e. The highest BCUT2D eigenvalue weighted by Crippen LogP contribution is 2.55. The molecule has 3 unspecified atom stereocenters. The zero-order valence-electron chi connectivity index (χ0n) is 25.9. The number of imide groups is 1. The molecule has 9 heteroatoms. The Morgan fingerprint density at radius 1 is 0.881 bits per heavy atom. The highest BCUT2D eigenvalue weighted by Gasteiger charge is 2.54. The van der Waals surface area contributed by atoms with E-state index in [2.05, 4.69) is 17.6 Å². The molecule has 3 aliphatic carbocycles. The number of carbonyl (C=O) groups is 5. The number of amides is 4. The first-order chi connectivity index (χ1) is 20.3. The van der Waals surface area contributed by atoms with Crippen LogP contribution in [-0.2, 0) is 28.7 Å². The van der Waals surface area contributed by atoms with Crippen molar-refractivity contribution in [2.75, 3.05) is 20.1 Å². The molecule has 0 aromatic rings. The zero-order valence-corrected chi connectivity index (χ0v) is 25.9. The van der Waals surface area contributed by atoms with Gasteiger partial charge in [-0.15, -0.1) is 0 Å². The fraction of sp³-hybridized carbons (Fsp3) is 0.848. The second-order valence-electron chi connectivity index (χ2n) is 13.2. The van der Waals surface area contributed by atoms with Gasteiger partial charge in [-0.25, -0.2) is 0 Å². The number of ether oxygens (including phenoxy) is 1. The highest BCUT2D eigenvalue weighted by atomic mass is 16.5. The number of hydrogen-bond acceptors (Lipinski definition) is 6. The third kappa shape index (κ3) is 7.36. The maximum atomic E-state index is 13.8. The van der Waals surface area contributed by atoms with Crippen LogP contribution >= 0.6 is 0 Å². The number of nitrogens with zero attached hydrogens (tertiary/aromatic N) is 1. The first kappa shape index (κ1) is 32.5. The summed E-state index contributed by atoms with van der Waals surface area (Å²) >= 11 is 0. The van der Waals surface area contributed by atoms with Crippen LogP contribution in [0.25, 0.3) is 0 Å². The summed E-state index contributed by atoms with van der Waals surface area (Å²) in [7, 11) is 1.56. The van der Waals surface area contributed by atoms with E-state index in [9.17, 15) is 24.0 Å². The van der Waals surface area contributed by atoms with Gasteiger partial charge in [0.2, 0.25) is 23.6 Å². The summed E-state index contributed by atoms with van der Waals surface area (Å²) in [5, 5.41) is 5.81. The number of hydrogen-bond donors (Lipinski definition) is 2. The van der Waals surface area contributed by atoms with Crippen LogP contribution in [0.2, 0.25) is 0 Å². The second-order valence-corrected chi connectivity index (χ2v) is 13.2. The Hall–Kier alpha value is -2.45. The van der Waals surface area contributed by atoms with Gasteiger partial charge >= 0.3 is 5.97 Å². The molecule has 4 rings (SSSR count). The van der Waals surface area contributed by atoms with E-state index in [4.69, 9.17) is 4.74 Å². The third-order valence-corrected chi connectivity index (χ3v) is 10.7. The largest absolute Gasteiger partial charge is 0.462 e. The summed E-state index contributed by atoms with van der Waals surface area (Å²) in [5.74, 6) is -0.00803. The predicted octanol–water partition coefficient (Wildman–Crippen LogP) is 4.66. The SMILES string of the molecule is CCC[C@H]1C(OC(=O)CCC(=O)NC)CC[C@@]2(C(=O)NCCCCCCN3C(=O)C4CCCCC4C3=O)CCCC[C@H]12. The highest BCUT2D eigenvalue weighted by molar-refractivity contribution is 6.05. The van der Waals surface area contributed by atoms with Gasteiger partial charge in [-0.05, 0) is 69.6 Å². The maximum Gasteiger partial charge on any atom is 0.306 e. The number of esters is 1. The molecule has 2 N–H and O–H groups in total. The van der Waals surface area contributed by atoms with E-state index in [0.29, 0.717) is 19.5 Å². The Labute approximate surface area is 251 Å². The number of rotatable bonds is 14. The number of unbranched alkanes of at least 4 members (excludes halogenated alkanes) is 3. The molecule has 236 valence electrons. The van der Waals surface area contributed by atoms with Gasteiger partial charge in [0.15, 0.2) is 0 Å². The number of likely N-dealkylation sites (tertiary alicyclic amines) is 1. The summed E-state index contributed by atoms with van der Waals surface area (Å²) in [6, 6.07) is 0. The van der Waals surface area contributed by atoms with E-state index in [0.717, 1.165) is 96.3 Å². The third-order valence-electron chi connectivity index (χ3n) is 10.7. The topological polar surface area (TPSA) is 122 Å². The van der Waals surface area contributed by atoms with E-state index < -0.39 is 5.41 Å². The van der Waals surface area contributed by atoms with E-state index in [1.54, 1.807) is 7.05 Å². The molecule has 0 bridgehead atoms. The van der Waals surface area contributed by atoms with Crippen molar-refractivity contribution in [3.05, 3.63) is 0 Å². The number of carbonyl (C=O) groups excluding carboxylic acids is 5. The summed E-state index contributed by atoms with van der Waals surface area (Å²) in [6.45, 7) is 3.31. The lowest BCUT2D eigenvalue weighted by Crippen LogP contribution is -2.55. The monoisotopic (exact) mass is 587 g/mol. The first-order valence-corrected chi connectivity index (χ1v) is 16.9. The quantitative estimate of drug-likeness (QED) is 0.173. The van der Waals surface area contributed by atoms with Crippen molar-refractivity contribution in [2.24, 2.45) is 29.1 Å². The summed E-state index contributed by atoms with van der Waals surface area (Å²) < 4.78 is 5.94. The Kier molecular flexibility index (Phi) is 11.8. The van der Waals surface area contributed by atoms with E-state index in [1.807, 2.05) is 0 Å². The number of fused-ring (bicyclic) bond motifs is 2. The van der Waals surface area contributed by atoms with Gasteiger partial charge in [0.1, 0.15) is 6.10 Å². The van der Waals surface area contributed by atoms with Crippen molar-refractivity contribution in [1.82, 2.24) is 15.5 Å². The molecule has 1 saturated heterocycles. The van der Waals surface area contributed by atoms with Crippen molar-refractivity contribution in [3.8, 4) is 0 Å². The van der Waals surface area contributed by atoms with Crippen LogP contribution in [0.5, 0.6) is 0 Å². The Balaban J connectivity index is 1.22. The van der Waals surface area contributed by atoms with Gasteiger partial charge in [-0.2, -0.15) is 0 Å². The van der Waals surface area contributed by atoms with Crippen molar-refractivity contribution in [1.29, 1.82) is 0 Å². The van der Waals surface area contributed by atoms with E-state index in [-0.39, 0.29) is 72.2 Å². The van der Waals surface area contributed by atoms with E-state index >= 15 is 0 Å². The lowest BCUT2D eigenvalue weighted by molar-refractivity contribution is -0.167. The fourth-order valence-corrected chi connectivity index (χ4v) is 8.48. The van der Waals surface area contributed by atoms with Crippen molar-refractivity contribution < 1.29 is 28.7 Å². The molecule has 4 aliphatic rings. The molecule has 1 aliphatic heterocycles. The molecule has 4 amide bonds. The van der Waals surface area contributed by atoms with E-state index in [1.165, 1.54) is 4.90 Å². The molecular weight excluding hydrogens is 534 g/mol. The lowest BCUT2D eigenvalue weighted by Gasteiger charge is -2.52. The molecule has 3 saturated carbocycles. The average Bonchev–Trinajstić information content (AvgIpc) is 3.25. The van der Waals surface area contributed by atoms with Crippen molar-refractivity contribution in [3.63, 3.8) is 0 Å². The molecule has 0 radical (unpaired) electrons. The molecular formula is C33H53N3O6. The van der Waals surface area contributed by atoms with Gasteiger partial charge in [0, 0.05) is 26.6 Å². The Morgan fingerprint density at radius 2 is 1.57 bits per heavy atom. The number of nitrogens with one attached hydrogen (secondary N) is 2. The molecule has 9 nitrogen and oxygen atoms in total. The van der Waals surface area contributed by atoms with Crippen LogP contribution in [0.15, 0.2) is 0 Å². The van der Waals surface area contributed by atoms with Gasteiger partial charge < -0.3 is 15.4 Å². The van der Waals surface area contributed by atoms with Crippen LogP contribution < -0.4 is 10.6 Å².